The average Bonchev–Trinajstić information content (AvgIpc) is 2.72. The van der Waals surface area contributed by atoms with Gasteiger partial charge in [-0.1, -0.05) is 19.0 Å². The number of aromatic nitrogens is 1. The molecule has 2 N–H and O–H groups in total. The molecule has 18 heavy (non-hydrogen) atoms. The summed E-state index contributed by atoms with van der Waals surface area (Å²) in [4.78, 5) is 13.4. The molecule has 1 aliphatic rings. The van der Waals surface area contributed by atoms with Gasteiger partial charge in [0.1, 0.15) is 0 Å². The molecule has 0 radical (unpaired) electrons. The number of nitrogens with zero attached hydrogens (tertiary/aromatic N) is 1. The second-order valence-corrected chi connectivity index (χ2v) is 3.45. The molecule has 0 amide bonds. The summed E-state index contributed by atoms with van der Waals surface area (Å²) in [7, 11) is 0. The van der Waals surface area contributed by atoms with E-state index in [1.165, 1.54) is 0 Å². The van der Waals surface area contributed by atoms with Gasteiger partial charge in [-0.15, -0.1) is 0 Å². The van der Waals surface area contributed by atoms with Crippen LogP contribution in [-0.2, 0) is 12.6 Å². The highest BCUT2D eigenvalue weighted by Crippen LogP contribution is 2.35. The number of aromatic amines is 1. The number of H-pyrrole nitrogens is 1. The van der Waals surface area contributed by atoms with Gasteiger partial charge in [0, 0.05) is 17.3 Å². The number of alkyl halides is 3. The maximum atomic E-state index is 12.6. The van der Waals surface area contributed by atoms with Crippen molar-refractivity contribution in [3.8, 4) is 0 Å². The van der Waals surface area contributed by atoms with Crippen LogP contribution in [0, 0.1) is 0 Å². The van der Waals surface area contributed by atoms with E-state index in [2.05, 4.69) is 10.1 Å². The quantitative estimate of drug-likeness (QED) is 0.557. The molecular weight excluding hydrogens is 249 g/mol. The molecule has 0 atom stereocenters. The van der Waals surface area contributed by atoms with Crippen molar-refractivity contribution < 1.29 is 18.4 Å². The Labute approximate surface area is 101 Å². The van der Waals surface area contributed by atoms with Crippen LogP contribution >= 0.6 is 0 Å². The van der Waals surface area contributed by atoms with E-state index in [9.17, 15) is 18.0 Å². The SMILES string of the molecule is CC.O=c1cc(C(F)(F)F)c2c([nH]1)CC/C2=N\O. The summed E-state index contributed by atoms with van der Waals surface area (Å²) in [5.74, 6) is 0. The lowest BCUT2D eigenvalue weighted by molar-refractivity contribution is -0.137. The van der Waals surface area contributed by atoms with Crippen LogP contribution in [0.5, 0.6) is 0 Å². The van der Waals surface area contributed by atoms with Crippen LogP contribution in [-0.4, -0.2) is 15.9 Å². The minimum absolute atomic E-state index is 0.0430. The van der Waals surface area contributed by atoms with E-state index in [4.69, 9.17) is 5.21 Å². The van der Waals surface area contributed by atoms with Crippen molar-refractivity contribution in [3.05, 3.63) is 33.2 Å². The fourth-order valence-corrected chi connectivity index (χ4v) is 1.82. The van der Waals surface area contributed by atoms with Crippen molar-refractivity contribution in [2.75, 3.05) is 0 Å². The largest absolute Gasteiger partial charge is 0.417 e. The molecule has 0 unspecified atom stereocenters. The summed E-state index contributed by atoms with van der Waals surface area (Å²) in [5, 5.41) is 11.4. The lowest BCUT2D eigenvalue weighted by Gasteiger charge is -2.11. The molecule has 0 bridgehead atoms. The van der Waals surface area contributed by atoms with Crippen LogP contribution < -0.4 is 5.56 Å². The third kappa shape index (κ3) is 2.55. The molecule has 0 aromatic carbocycles. The zero-order valence-electron chi connectivity index (χ0n) is 9.93. The number of aryl methyl sites for hydroxylation is 1. The summed E-state index contributed by atoms with van der Waals surface area (Å²) in [6, 6.07) is 0.481. The number of rotatable bonds is 0. The summed E-state index contributed by atoms with van der Waals surface area (Å²) < 4.78 is 37.9. The minimum Gasteiger partial charge on any atom is -0.411 e. The average molecular weight is 262 g/mol. The zero-order valence-corrected chi connectivity index (χ0v) is 9.93. The first kappa shape index (κ1) is 14.3. The lowest BCUT2D eigenvalue weighted by Crippen LogP contribution is -2.19. The number of fused-ring (bicyclic) bond motifs is 1. The topological polar surface area (TPSA) is 65.5 Å². The van der Waals surface area contributed by atoms with Gasteiger partial charge in [0.25, 0.3) is 0 Å². The Bertz CT molecular complexity index is 518. The third-order valence-corrected chi connectivity index (χ3v) is 2.45. The second-order valence-electron chi connectivity index (χ2n) is 3.45. The van der Waals surface area contributed by atoms with E-state index in [0.717, 1.165) is 0 Å². The van der Waals surface area contributed by atoms with Crippen LogP contribution in [0.15, 0.2) is 16.0 Å². The molecule has 1 aliphatic carbocycles. The van der Waals surface area contributed by atoms with E-state index in [1.54, 1.807) is 0 Å². The summed E-state index contributed by atoms with van der Waals surface area (Å²) in [6.07, 6.45) is -4.19. The number of halogens is 3. The van der Waals surface area contributed by atoms with Crippen LogP contribution in [0.4, 0.5) is 13.2 Å². The predicted octanol–water partition coefficient (Wildman–Crippen LogP) is 2.54. The summed E-state index contributed by atoms with van der Waals surface area (Å²) in [6.45, 7) is 4.00. The molecule has 1 aromatic heterocycles. The van der Waals surface area contributed by atoms with E-state index in [0.29, 0.717) is 6.07 Å². The van der Waals surface area contributed by atoms with Crippen molar-refractivity contribution in [2.45, 2.75) is 32.9 Å². The summed E-state index contributed by atoms with van der Waals surface area (Å²) in [5.41, 5.74) is -1.91. The molecule has 0 aliphatic heterocycles. The molecule has 0 fully saturated rings. The normalized spacial score (nSPS) is 16.2. The monoisotopic (exact) mass is 262 g/mol. The minimum atomic E-state index is -4.63. The van der Waals surface area contributed by atoms with E-state index < -0.39 is 17.3 Å². The number of hydrogen-bond acceptors (Lipinski definition) is 3. The van der Waals surface area contributed by atoms with Gasteiger partial charge in [0.05, 0.1) is 11.3 Å². The molecule has 0 spiro atoms. The Hall–Kier alpha value is -1.79. The molecule has 2 rings (SSSR count). The Kier molecular flexibility index (Phi) is 4.15. The highest BCUT2D eigenvalue weighted by molar-refractivity contribution is 6.05. The van der Waals surface area contributed by atoms with Gasteiger partial charge < -0.3 is 10.2 Å². The Morgan fingerprint density at radius 1 is 1.33 bits per heavy atom. The highest BCUT2D eigenvalue weighted by atomic mass is 19.4. The number of nitrogens with one attached hydrogen (secondary N) is 1. The number of hydrogen-bond donors (Lipinski definition) is 2. The van der Waals surface area contributed by atoms with Crippen LogP contribution in [0.1, 0.15) is 37.1 Å². The van der Waals surface area contributed by atoms with Gasteiger partial charge in [0.2, 0.25) is 5.56 Å². The molecule has 0 saturated carbocycles. The summed E-state index contributed by atoms with van der Waals surface area (Å²) >= 11 is 0. The highest BCUT2D eigenvalue weighted by Gasteiger charge is 2.38. The van der Waals surface area contributed by atoms with Crippen LogP contribution in [0.2, 0.25) is 0 Å². The first-order chi connectivity index (χ1) is 8.43. The predicted molar refractivity (Wildman–Crippen MR) is 60.1 cm³/mol. The number of pyridine rings is 1. The maximum absolute atomic E-state index is 12.6. The van der Waals surface area contributed by atoms with Gasteiger partial charge in [0.15, 0.2) is 0 Å². The molecule has 4 nitrogen and oxygen atoms in total. The Morgan fingerprint density at radius 3 is 2.44 bits per heavy atom. The van der Waals surface area contributed by atoms with Gasteiger partial charge >= 0.3 is 6.18 Å². The van der Waals surface area contributed by atoms with Crippen molar-refractivity contribution in [3.63, 3.8) is 0 Å². The lowest BCUT2D eigenvalue weighted by atomic mass is 10.1. The van der Waals surface area contributed by atoms with Crippen molar-refractivity contribution in [1.82, 2.24) is 4.98 Å². The molecule has 0 saturated heterocycles. The smallest absolute Gasteiger partial charge is 0.411 e. The van der Waals surface area contributed by atoms with Crippen molar-refractivity contribution in [1.29, 1.82) is 0 Å². The molecule has 100 valence electrons. The second kappa shape index (κ2) is 5.24. The Morgan fingerprint density at radius 2 is 1.94 bits per heavy atom. The van der Waals surface area contributed by atoms with Crippen molar-refractivity contribution >= 4 is 5.71 Å². The Balaban J connectivity index is 0.000000771. The molecule has 7 heteroatoms. The van der Waals surface area contributed by atoms with Gasteiger partial charge in [-0.3, -0.25) is 4.79 Å². The first-order valence-corrected chi connectivity index (χ1v) is 5.48. The first-order valence-electron chi connectivity index (χ1n) is 5.48. The van der Waals surface area contributed by atoms with E-state index >= 15 is 0 Å². The fourth-order valence-electron chi connectivity index (χ4n) is 1.82. The van der Waals surface area contributed by atoms with Gasteiger partial charge in [-0.2, -0.15) is 13.2 Å². The molecule has 1 aromatic rings. The van der Waals surface area contributed by atoms with Gasteiger partial charge in [-0.05, 0) is 12.8 Å². The molecular formula is C11H13F3N2O2. The fraction of sp³-hybridized carbons (Fsp3) is 0.455. The van der Waals surface area contributed by atoms with E-state index in [1.807, 2.05) is 13.8 Å². The zero-order chi connectivity index (χ0) is 13.9. The van der Waals surface area contributed by atoms with Gasteiger partial charge in [-0.25, -0.2) is 0 Å². The van der Waals surface area contributed by atoms with Crippen LogP contribution in [0.25, 0.3) is 0 Å². The van der Waals surface area contributed by atoms with E-state index in [-0.39, 0.29) is 29.8 Å². The molecule has 1 heterocycles. The number of oxime groups is 1. The van der Waals surface area contributed by atoms with Crippen molar-refractivity contribution in [2.24, 2.45) is 5.16 Å². The third-order valence-electron chi connectivity index (χ3n) is 2.45. The standard InChI is InChI=1S/C9H7F3N2O2.C2H6/c10-9(11,12)4-3-7(15)13-5-1-2-6(14-16)8(4)5;1-2/h3,16H,1-2H2,(H,13,15);1-2H3/b14-6+;. The van der Waals surface area contributed by atoms with Crippen LogP contribution in [0.3, 0.4) is 0 Å². The maximum Gasteiger partial charge on any atom is 0.417 e.